The van der Waals surface area contributed by atoms with E-state index in [9.17, 15) is 19.9 Å². The first kappa shape index (κ1) is 31.2. The van der Waals surface area contributed by atoms with E-state index in [1.165, 1.54) is 11.3 Å². The molecule has 0 saturated carbocycles. The van der Waals surface area contributed by atoms with E-state index < -0.39 is 29.7 Å². The van der Waals surface area contributed by atoms with Crippen LogP contribution in [0.2, 0.25) is 0 Å². The molecule has 1 rings (SSSR count). The molecule has 0 fully saturated rings. The summed E-state index contributed by atoms with van der Waals surface area (Å²) in [7, 11) is 1.68. The minimum atomic E-state index is -0.788. The Morgan fingerprint density at radius 2 is 1.89 bits per heavy atom. The molecular formula is C24H40N6O5S. The number of alkyl carbamates (subject to hydrolysis) is 1. The van der Waals surface area contributed by atoms with Gasteiger partial charge in [0.05, 0.1) is 12.6 Å². The van der Waals surface area contributed by atoms with Crippen molar-refractivity contribution in [3.05, 3.63) is 26.5 Å². The molecule has 0 aromatic carbocycles. The number of esters is 1. The van der Waals surface area contributed by atoms with E-state index >= 15 is 0 Å². The Balaban J connectivity index is 3.19. The molecule has 0 bridgehead atoms. The van der Waals surface area contributed by atoms with Crippen LogP contribution in [0.1, 0.15) is 89.8 Å². The molecule has 1 aromatic rings. The second-order valence-electron chi connectivity index (χ2n) is 10.0. The number of rotatable bonds is 12. The molecule has 0 aliphatic carbocycles. The summed E-state index contributed by atoms with van der Waals surface area (Å²) in [5.74, 6) is -0.949. The van der Waals surface area contributed by atoms with E-state index in [1.54, 1.807) is 45.0 Å². The van der Waals surface area contributed by atoms with Crippen molar-refractivity contribution in [2.24, 2.45) is 17.0 Å². The van der Waals surface area contributed by atoms with E-state index in [0.29, 0.717) is 17.8 Å². The zero-order valence-electron chi connectivity index (χ0n) is 22.8. The van der Waals surface area contributed by atoms with E-state index in [1.807, 2.05) is 27.7 Å². The predicted molar refractivity (Wildman–Crippen MR) is 139 cm³/mol. The van der Waals surface area contributed by atoms with E-state index in [2.05, 4.69) is 20.3 Å². The molecule has 0 radical (unpaired) electrons. The van der Waals surface area contributed by atoms with E-state index in [4.69, 9.17) is 9.47 Å². The van der Waals surface area contributed by atoms with Crippen molar-refractivity contribution in [1.29, 1.82) is 0 Å². The van der Waals surface area contributed by atoms with Crippen LogP contribution in [0.25, 0.3) is 10.4 Å². The van der Waals surface area contributed by atoms with Crippen molar-refractivity contribution >= 4 is 29.3 Å². The van der Waals surface area contributed by atoms with Crippen molar-refractivity contribution in [2.75, 3.05) is 13.7 Å². The van der Waals surface area contributed by atoms with Crippen molar-refractivity contribution < 1.29 is 23.9 Å². The number of likely N-dealkylation sites (N-methyl/N-ethyl adjacent to an activating group) is 1. The molecule has 1 aromatic heterocycles. The quantitative estimate of drug-likeness (QED) is 0.166. The Kier molecular flexibility index (Phi) is 12.2. The van der Waals surface area contributed by atoms with Gasteiger partial charge in [0.2, 0.25) is 5.91 Å². The van der Waals surface area contributed by atoms with Crippen LogP contribution >= 0.6 is 11.3 Å². The van der Waals surface area contributed by atoms with Gasteiger partial charge in [0.25, 0.3) is 0 Å². The van der Waals surface area contributed by atoms with Crippen molar-refractivity contribution in [3.63, 3.8) is 0 Å². The number of carbonyl (C=O) groups is 3. The van der Waals surface area contributed by atoms with Gasteiger partial charge in [-0.3, -0.25) is 4.79 Å². The number of aromatic nitrogens is 1. The average Bonchev–Trinajstić information content (AvgIpc) is 3.28. The number of nitrogens with one attached hydrogen (secondary N) is 1. The summed E-state index contributed by atoms with van der Waals surface area (Å²) in [5, 5.41) is 8.68. The lowest BCUT2D eigenvalue weighted by Gasteiger charge is -2.36. The van der Waals surface area contributed by atoms with Crippen LogP contribution in [0, 0.1) is 11.8 Å². The predicted octanol–water partition coefficient (Wildman–Crippen LogP) is 5.48. The lowest BCUT2D eigenvalue weighted by atomic mass is 9.92. The number of thiazole rings is 1. The molecule has 36 heavy (non-hydrogen) atoms. The summed E-state index contributed by atoms with van der Waals surface area (Å²) in [6, 6.07) is -1.81. The normalized spacial score (nSPS) is 14.7. The highest BCUT2D eigenvalue weighted by Gasteiger charge is 2.35. The fraction of sp³-hybridized carbons (Fsp3) is 0.750. The maximum atomic E-state index is 13.6. The molecule has 0 spiro atoms. The Labute approximate surface area is 217 Å². The number of hydrogen-bond acceptors (Lipinski definition) is 8. The summed E-state index contributed by atoms with van der Waals surface area (Å²) in [4.78, 5) is 47.0. The van der Waals surface area contributed by atoms with Gasteiger partial charge >= 0.3 is 12.1 Å². The van der Waals surface area contributed by atoms with E-state index in [0.717, 1.165) is 0 Å². The molecule has 1 heterocycles. The van der Waals surface area contributed by atoms with Crippen LogP contribution < -0.4 is 5.32 Å². The standard InChI is InChI=1S/C24H40N6O5S/c1-10-15(5)19(27-23(33)35-24(6,7)8)21(31)30(9)18(14(3)4)12-16(28-29-25)20-26-17(13-36-20)22(32)34-11-2/h13-16,18-19H,10-12H2,1-9H3,(H,27,33)/t15?,16-,18-,19+/m1/s1. The zero-order valence-corrected chi connectivity index (χ0v) is 23.6. The molecule has 12 heteroatoms. The molecular weight excluding hydrogens is 484 g/mol. The van der Waals surface area contributed by atoms with Gasteiger partial charge in [0.1, 0.15) is 16.7 Å². The number of nitrogens with zero attached hydrogens (tertiary/aromatic N) is 5. The maximum Gasteiger partial charge on any atom is 0.408 e. The second-order valence-corrected chi connectivity index (χ2v) is 10.9. The van der Waals surface area contributed by atoms with Gasteiger partial charge in [-0.2, -0.15) is 0 Å². The maximum absolute atomic E-state index is 13.6. The van der Waals surface area contributed by atoms with Gasteiger partial charge in [0.15, 0.2) is 5.69 Å². The highest BCUT2D eigenvalue weighted by atomic mass is 32.1. The minimum Gasteiger partial charge on any atom is -0.461 e. The van der Waals surface area contributed by atoms with Crippen molar-refractivity contribution in [2.45, 2.75) is 92.0 Å². The van der Waals surface area contributed by atoms with Crippen molar-refractivity contribution in [3.8, 4) is 0 Å². The van der Waals surface area contributed by atoms with Crippen LogP contribution in [-0.2, 0) is 14.3 Å². The molecule has 0 saturated heterocycles. The molecule has 11 nitrogen and oxygen atoms in total. The molecule has 202 valence electrons. The monoisotopic (exact) mass is 524 g/mol. The first-order chi connectivity index (χ1) is 16.7. The van der Waals surface area contributed by atoms with E-state index in [-0.39, 0.29) is 36.1 Å². The van der Waals surface area contributed by atoms with Crippen LogP contribution in [0.4, 0.5) is 4.79 Å². The molecule has 2 amide bonds. The highest BCUT2D eigenvalue weighted by molar-refractivity contribution is 7.09. The Morgan fingerprint density at radius 3 is 2.39 bits per heavy atom. The summed E-state index contributed by atoms with van der Waals surface area (Å²) >= 11 is 1.20. The van der Waals surface area contributed by atoms with Gasteiger partial charge < -0.3 is 19.7 Å². The number of hydrogen-bond donors (Lipinski definition) is 1. The fourth-order valence-corrected chi connectivity index (χ4v) is 4.44. The van der Waals surface area contributed by atoms with Gasteiger partial charge in [-0.25, -0.2) is 14.6 Å². The molecule has 0 aliphatic rings. The topological polar surface area (TPSA) is 147 Å². The summed E-state index contributed by atoms with van der Waals surface area (Å²) in [5.41, 5.74) is 8.64. The molecule has 0 aliphatic heterocycles. The molecule has 4 atom stereocenters. The third-order valence-corrected chi connectivity index (χ3v) is 6.66. The Bertz CT molecular complexity index is 938. The summed E-state index contributed by atoms with van der Waals surface area (Å²) < 4.78 is 10.4. The largest absolute Gasteiger partial charge is 0.461 e. The van der Waals surface area contributed by atoms with Gasteiger partial charge in [-0.05, 0) is 51.5 Å². The average molecular weight is 525 g/mol. The van der Waals surface area contributed by atoms with Crippen LogP contribution in [0.5, 0.6) is 0 Å². The summed E-state index contributed by atoms with van der Waals surface area (Å²) in [6.45, 7) is 15.0. The number of azide groups is 1. The third kappa shape index (κ3) is 9.31. The summed E-state index contributed by atoms with van der Waals surface area (Å²) in [6.07, 6.45) is 0.306. The fourth-order valence-electron chi connectivity index (χ4n) is 3.61. The Hall–Kier alpha value is -2.85. The lowest BCUT2D eigenvalue weighted by Crippen LogP contribution is -2.54. The Morgan fingerprint density at radius 1 is 1.25 bits per heavy atom. The first-order valence-electron chi connectivity index (χ1n) is 12.2. The highest BCUT2D eigenvalue weighted by Crippen LogP contribution is 2.31. The third-order valence-electron chi connectivity index (χ3n) is 5.71. The number of carbonyl (C=O) groups excluding carboxylic acids is 3. The SMILES string of the molecule is CCOC(=O)c1csc([C@@H](C[C@H](C(C)C)N(C)C(=O)[C@@H](NC(=O)OC(C)(C)C)C(C)CC)N=[N+]=[N-])n1. The first-order valence-corrected chi connectivity index (χ1v) is 13.1. The molecule has 1 N–H and O–H groups in total. The molecule has 1 unspecified atom stereocenters. The van der Waals surface area contributed by atoms with Crippen LogP contribution in [-0.4, -0.2) is 59.2 Å². The minimum absolute atomic E-state index is 0.000980. The van der Waals surface area contributed by atoms with Crippen LogP contribution in [0.3, 0.4) is 0 Å². The van der Waals surface area contributed by atoms with Gasteiger partial charge in [-0.1, -0.05) is 39.2 Å². The lowest BCUT2D eigenvalue weighted by molar-refractivity contribution is -0.136. The van der Waals surface area contributed by atoms with Crippen molar-refractivity contribution in [1.82, 2.24) is 15.2 Å². The number of ether oxygens (including phenoxy) is 2. The zero-order chi connectivity index (χ0) is 27.6. The second kappa shape index (κ2) is 14.0. The smallest absolute Gasteiger partial charge is 0.408 e. The van der Waals surface area contributed by atoms with Crippen LogP contribution in [0.15, 0.2) is 10.5 Å². The van der Waals surface area contributed by atoms with Gasteiger partial charge in [-0.15, -0.1) is 11.3 Å². The number of amides is 2. The van der Waals surface area contributed by atoms with Gasteiger partial charge in [0, 0.05) is 23.4 Å².